The monoisotopic (exact) mass is 368 g/mol. The van der Waals surface area contributed by atoms with Gasteiger partial charge in [0, 0.05) is 12.2 Å². The van der Waals surface area contributed by atoms with Gasteiger partial charge in [0.2, 0.25) is 0 Å². The number of aryl methyl sites for hydroxylation is 2. The Hall–Kier alpha value is -2.14. The number of rotatable bonds is 7. The second-order valence-electron chi connectivity index (χ2n) is 7.83. The fourth-order valence-corrected chi connectivity index (χ4v) is 3.89. The predicted octanol–water partition coefficient (Wildman–Crippen LogP) is 3.87. The molecule has 0 aliphatic carbocycles. The number of likely N-dealkylation sites (tertiary alicyclic amines) is 1. The summed E-state index contributed by atoms with van der Waals surface area (Å²) in [6, 6.07) is 10.6. The van der Waals surface area contributed by atoms with E-state index in [1.165, 1.54) is 24.0 Å². The van der Waals surface area contributed by atoms with Crippen molar-refractivity contribution in [2.45, 2.75) is 52.5 Å². The van der Waals surface area contributed by atoms with E-state index in [2.05, 4.69) is 65.5 Å². The Morgan fingerprint density at radius 2 is 2.07 bits per heavy atom. The molecular formula is C22H32N4O. The van der Waals surface area contributed by atoms with Crippen molar-refractivity contribution < 1.29 is 4.79 Å². The third-order valence-electron chi connectivity index (χ3n) is 5.65. The van der Waals surface area contributed by atoms with Crippen LogP contribution < -0.4 is 5.32 Å². The number of amides is 1. The molecule has 1 aliphatic heterocycles. The smallest absolute Gasteiger partial charge is 0.271 e. The first kappa shape index (κ1) is 19.6. The third kappa shape index (κ3) is 4.98. The van der Waals surface area contributed by atoms with Crippen LogP contribution in [0.25, 0.3) is 0 Å². The lowest BCUT2D eigenvalue weighted by Crippen LogP contribution is -2.42. The summed E-state index contributed by atoms with van der Waals surface area (Å²) >= 11 is 0. The molecule has 27 heavy (non-hydrogen) atoms. The van der Waals surface area contributed by atoms with Crippen molar-refractivity contribution in [2.75, 3.05) is 19.6 Å². The Morgan fingerprint density at radius 3 is 2.78 bits per heavy atom. The first-order valence-electron chi connectivity index (χ1n) is 10.2. The van der Waals surface area contributed by atoms with Crippen LogP contribution >= 0.6 is 0 Å². The predicted molar refractivity (Wildman–Crippen MR) is 109 cm³/mol. The molecule has 3 rings (SSSR count). The average molecular weight is 369 g/mol. The number of piperidine rings is 1. The number of hydrogen-bond acceptors (Lipinski definition) is 3. The maximum atomic E-state index is 12.6. The first-order valence-corrected chi connectivity index (χ1v) is 10.2. The molecule has 1 saturated heterocycles. The molecular weight excluding hydrogens is 336 g/mol. The maximum absolute atomic E-state index is 12.6. The van der Waals surface area contributed by atoms with E-state index >= 15 is 0 Å². The Labute approximate surface area is 162 Å². The van der Waals surface area contributed by atoms with Gasteiger partial charge in [-0.3, -0.25) is 14.8 Å². The lowest BCUT2D eigenvalue weighted by Gasteiger charge is -2.37. The summed E-state index contributed by atoms with van der Waals surface area (Å²) in [6.45, 7) is 9.37. The lowest BCUT2D eigenvalue weighted by molar-refractivity contribution is 0.0907. The molecule has 0 unspecified atom stereocenters. The summed E-state index contributed by atoms with van der Waals surface area (Å²) in [5, 5.41) is 10.3. The van der Waals surface area contributed by atoms with Gasteiger partial charge in [-0.2, -0.15) is 5.10 Å². The van der Waals surface area contributed by atoms with Crippen LogP contribution in [0, 0.1) is 12.8 Å². The number of carbonyl (C=O) groups is 1. The maximum Gasteiger partial charge on any atom is 0.271 e. The molecule has 1 aliphatic rings. The van der Waals surface area contributed by atoms with Gasteiger partial charge in [-0.1, -0.05) is 44.5 Å². The molecule has 146 valence electrons. The average Bonchev–Trinajstić information content (AvgIpc) is 3.13. The van der Waals surface area contributed by atoms with E-state index in [-0.39, 0.29) is 11.9 Å². The van der Waals surface area contributed by atoms with Gasteiger partial charge >= 0.3 is 0 Å². The highest BCUT2D eigenvalue weighted by molar-refractivity contribution is 5.92. The standard InChI is InChI=1S/C22H32N4O/c1-4-7-18-14-20(25-24-18)22(27)23-15-21(19-9-6-5-8-17(19)3)26-12-10-16(2)11-13-26/h5-6,8-9,14,16,21H,4,7,10-13,15H2,1-3H3,(H,23,27)(H,24,25)/t21-/m0/s1. The topological polar surface area (TPSA) is 61.0 Å². The third-order valence-corrected chi connectivity index (χ3v) is 5.65. The number of H-pyrrole nitrogens is 1. The van der Waals surface area contributed by atoms with Crippen LogP contribution in [-0.4, -0.2) is 40.6 Å². The van der Waals surface area contributed by atoms with Crippen LogP contribution in [0.1, 0.15) is 66.5 Å². The van der Waals surface area contributed by atoms with Crippen molar-refractivity contribution >= 4 is 5.91 Å². The molecule has 0 saturated carbocycles. The molecule has 5 nitrogen and oxygen atoms in total. The number of nitrogens with zero attached hydrogens (tertiary/aromatic N) is 2. The molecule has 2 N–H and O–H groups in total. The Balaban J connectivity index is 1.71. The lowest BCUT2D eigenvalue weighted by atomic mass is 9.94. The summed E-state index contributed by atoms with van der Waals surface area (Å²) in [5.74, 6) is 0.687. The van der Waals surface area contributed by atoms with Gasteiger partial charge in [-0.25, -0.2) is 0 Å². The molecule has 1 aromatic carbocycles. The SMILES string of the molecule is CCCc1cc(C(=O)NC[C@@H](c2ccccc2C)N2CCC(C)CC2)n[nH]1. The highest BCUT2D eigenvalue weighted by atomic mass is 16.1. The molecule has 1 amide bonds. The van der Waals surface area contributed by atoms with Gasteiger partial charge in [0.05, 0.1) is 6.04 Å². The number of nitrogens with one attached hydrogen (secondary N) is 2. The van der Waals surface area contributed by atoms with E-state index < -0.39 is 0 Å². The quantitative estimate of drug-likeness (QED) is 0.780. The molecule has 2 heterocycles. The molecule has 1 aromatic heterocycles. The number of aromatic amines is 1. The molecule has 1 fully saturated rings. The molecule has 0 radical (unpaired) electrons. The minimum absolute atomic E-state index is 0.0995. The van der Waals surface area contributed by atoms with Crippen LogP contribution in [0.3, 0.4) is 0 Å². The van der Waals surface area contributed by atoms with Crippen molar-refractivity contribution in [1.29, 1.82) is 0 Å². The summed E-state index contributed by atoms with van der Waals surface area (Å²) in [4.78, 5) is 15.1. The van der Waals surface area contributed by atoms with Crippen molar-refractivity contribution in [2.24, 2.45) is 5.92 Å². The highest BCUT2D eigenvalue weighted by Crippen LogP contribution is 2.28. The van der Waals surface area contributed by atoms with Crippen LogP contribution in [0.5, 0.6) is 0 Å². The zero-order valence-electron chi connectivity index (χ0n) is 16.8. The van der Waals surface area contributed by atoms with E-state index in [1.54, 1.807) is 0 Å². The summed E-state index contributed by atoms with van der Waals surface area (Å²) in [5.41, 5.74) is 4.08. The van der Waals surface area contributed by atoms with Crippen molar-refractivity contribution in [1.82, 2.24) is 20.4 Å². The minimum Gasteiger partial charge on any atom is -0.349 e. The largest absolute Gasteiger partial charge is 0.349 e. The van der Waals surface area contributed by atoms with Crippen LogP contribution in [0.4, 0.5) is 0 Å². The fourth-order valence-electron chi connectivity index (χ4n) is 3.89. The molecule has 0 bridgehead atoms. The zero-order valence-corrected chi connectivity index (χ0v) is 16.8. The summed E-state index contributed by atoms with van der Waals surface area (Å²) in [6.07, 6.45) is 4.39. The van der Waals surface area contributed by atoms with Gasteiger partial charge in [-0.05, 0) is 62.4 Å². The van der Waals surface area contributed by atoms with Crippen LogP contribution in [0.2, 0.25) is 0 Å². The van der Waals surface area contributed by atoms with Crippen molar-refractivity contribution in [3.8, 4) is 0 Å². The van der Waals surface area contributed by atoms with E-state index in [0.717, 1.165) is 37.5 Å². The van der Waals surface area contributed by atoms with Crippen LogP contribution in [0.15, 0.2) is 30.3 Å². The van der Waals surface area contributed by atoms with Crippen molar-refractivity contribution in [3.63, 3.8) is 0 Å². The summed E-state index contributed by atoms with van der Waals surface area (Å²) < 4.78 is 0. The van der Waals surface area contributed by atoms with E-state index in [0.29, 0.717) is 12.2 Å². The van der Waals surface area contributed by atoms with Gasteiger partial charge in [0.1, 0.15) is 5.69 Å². The normalized spacial score (nSPS) is 17.0. The highest BCUT2D eigenvalue weighted by Gasteiger charge is 2.26. The van der Waals surface area contributed by atoms with Gasteiger partial charge in [0.25, 0.3) is 5.91 Å². The second kappa shape index (κ2) is 9.18. The van der Waals surface area contributed by atoms with E-state index in [4.69, 9.17) is 0 Å². The minimum atomic E-state index is -0.0995. The number of benzene rings is 1. The Morgan fingerprint density at radius 1 is 1.33 bits per heavy atom. The Bertz CT molecular complexity index is 746. The molecule has 2 aromatic rings. The number of aromatic nitrogens is 2. The molecule has 0 spiro atoms. The number of carbonyl (C=O) groups excluding carboxylic acids is 1. The van der Waals surface area contributed by atoms with Crippen molar-refractivity contribution in [3.05, 3.63) is 52.8 Å². The van der Waals surface area contributed by atoms with Gasteiger partial charge in [-0.15, -0.1) is 0 Å². The van der Waals surface area contributed by atoms with Crippen LogP contribution in [-0.2, 0) is 6.42 Å². The Kier molecular flexibility index (Phi) is 6.67. The van der Waals surface area contributed by atoms with E-state index in [1.807, 2.05) is 6.07 Å². The zero-order chi connectivity index (χ0) is 19.2. The summed E-state index contributed by atoms with van der Waals surface area (Å²) in [7, 11) is 0. The second-order valence-corrected chi connectivity index (χ2v) is 7.83. The number of hydrogen-bond donors (Lipinski definition) is 2. The fraction of sp³-hybridized carbons (Fsp3) is 0.545. The van der Waals surface area contributed by atoms with Gasteiger partial charge in [0.15, 0.2) is 0 Å². The van der Waals surface area contributed by atoms with Gasteiger partial charge < -0.3 is 5.32 Å². The molecule has 5 heteroatoms. The molecule has 1 atom stereocenters. The van der Waals surface area contributed by atoms with E-state index in [9.17, 15) is 4.79 Å². The first-order chi connectivity index (χ1) is 13.1.